The lowest BCUT2D eigenvalue weighted by atomic mass is 9.82. The number of hydrogen-bond donors (Lipinski definition) is 2. The normalized spacial score (nSPS) is 22.8. The Morgan fingerprint density at radius 1 is 1.53 bits per heavy atom. The summed E-state index contributed by atoms with van der Waals surface area (Å²) in [4.78, 5) is 12.3. The van der Waals surface area contributed by atoms with E-state index >= 15 is 0 Å². The number of methoxy groups -OCH3 is 1. The zero-order chi connectivity index (χ0) is 13.7. The molecular weight excluding hydrogens is 240 g/mol. The van der Waals surface area contributed by atoms with Crippen LogP contribution in [0.2, 0.25) is 0 Å². The van der Waals surface area contributed by atoms with Gasteiger partial charge in [-0.3, -0.25) is 4.79 Å². The average Bonchev–Trinajstić information content (AvgIpc) is 2.45. The van der Waals surface area contributed by atoms with E-state index in [1.165, 1.54) is 0 Å². The summed E-state index contributed by atoms with van der Waals surface area (Å²) in [7, 11) is 1.65. The molecule has 0 spiro atoms. The predicted molar refractivity (Wildman–Crippen MR) is 75.1 cm³/mol. The molecule has 1 atom stereocenters. The molecule has 4 heteroatoms. The van der Waals surface area contributed by atoms with Crippen molar-refractivity contribution in [1.82, 2.24) is 10.6 Å². The minimum Gasteiger partial charge on any atom is -0.497 e. The molecule has 104 valence electrons. The lowest BCUT2D eigenvalue weighted by molar-refractivity contribution is -0.131. The Morgan fingerprint density at radius 3 is 3.05 bits per heavy atom. The van der Waals surface area contributed by atoms with Crippen LogP contribution < -0.4 is 15.4 Å². The molecule has 1 saturated heterocycles. The molecule has 1 heterocycles. The molecule has 1 aromatic carbocycles. The van der Waals surface area contributed by atoms with Crippen LogP contribution in [-0.2, 0) is 11.3 Å². The lowest BCUT2D eigenvalue weighted by Crippen LogP contribution is -2.48. The van der Waals surface area contributed by atoms with Crippen LogP contribution in [0.3, 0.4) is 0 Å². The third-order valence-corrected chi connectivity index (χ3v) is 3.73. The van der Waals surface area contributed by atoms with E-state index in [4.69, 9.17) is 4.74 Å². The van der Waals surface area contributed by atoms with Crippen LogP contribution >= 0.6 is 0 Å². The standard InChI is InChI=1S/C15H22N2O2/c1-15(7-4-8-16-11-15)14(18)17-10-12-5-3-6-13(9-12)19-2/h3,5-6,9,16H,4,7-8,10-11H2,1-2H3,(H,17,18). The quantitative estimate of drug-likeness (QED) is 0.868. The van der Waals surface area contributed by atoms with Crippen LogP contribution in [0.25, 0.3) is 0 Å². The molecule has 2 N–H and O–H groups in total. The van der Waals surface area contributed by atoms with Crippen LogP contribution in [0.5, 0.6) is 5.75 Å². The van der Waals surface area contributed by atoms with Gasteiger partial charge < -0.3 is 15.4 Å². The minimum absolute atomic E-state index is 0.127. The maximum absolute atomic E-state index is 12.3. The Labute approximate surface area is 114 Å². The molecule has 0 aromatic heterocycles. The molecule has 1 aliphatic rings. The second kappa shape index (κ2) is 6.06. The number of hydrogen-bond acceptors (Lipinski definition) is 3. The van der Waals surface area contributed by atoms with Gasteiger partial charge in [0, 0.05) is 13.1 Å². The van der Waals surface area contributed by atoms with E-state index in [0.29, 0.717) is 6.54 Å². The van der Waals surface area contributed by atoms with Crippen molar-refractivity contribution in [3.63, 3.8) is 0 Å². The Kier molecular flexibility index (Phi) is 4.43. The van der Waals surface area contributed by atoms with Gasteiger partial charge >= 0.3 is 0 Å². The lowest BCUT2D eigenvalue weighted by Gasteiger charge is -2.32. The van der Waals surface area contributed by atoms with Crippen molar-refractivity contribution in [2.45, 2.75) is 26.3 Å². The van der Waals surface area contributed by atoms with Gasteiger partial charge in [0.2, 0.25) is 5.91 Å². The minimum atomic E-state index is -0.281. The highest BCUT2D eigenvalue weighted by Crippen LogP contribution is 2.25. The van der Waals surface area contributed by atoms with Crippen molar-refractivity contribution in [3.8, 4) is 5.75 Å². The number of benzene rings is 1. The molecule has 2 rings (SSSR count). The van der Waals surface area contributed by atoms with Crippen molar-refractivity contribution < 1.29 is 9.53 Å². The first-order valence-corrected chi connectivity index (χ1v) is 6.76. The second-order valence-corrected chi connectivity index (χ2v) is 5.38. The van der Waals surface area contributed by atoms with Crippen LogP contribution in [0.15, 0.2) is 24.3 Å². The maximum Gasteiger partial charge on any atom is 0.227 e. The third kappa shape index (κ3) is 3.47. The number of ether oxygens (including phenoxy) is 1. The second-order valence-electron chi connectivity index (χ2n) is 5.38. The number of nitrogens with one attached hydrogen (secondary N) is 2. The van der Waals surface area contributed by atoms with Crippen LogP contribution in [0, 0.1) is 5.41 Å². The third-order valence-electron chi connectivity index (χ3n) is 3.73. The topological polar surface area (TPSA) is 50.4 Å². The Hall–Kier alpha value is -1.55. The van der Waals surface area contributed by atoms with Crippen LogP contribution in [-0.4, -0.2) is 26.1 Å². The van der Waals surface area contributed by atoms with Gasteiger partial charge in [-0.1, -0.05) is 12.1 Å². The summed E-state index contributed by atoms with van der Waals surface area (Å²) in [6.45, 7) is 4.35. The first kappa shape index (κ1) is 13.9. The summed E-state index contributed by atoms with van der Waals surface area (Å²) in [5.74, 6) is 0.944. The molecule has 1 fully saturated rings. The summed E-state index contributed by atoms with van der Waals surface area (Å²) in [6.07, 6.45) is 2.01. The molecule has 1 aromatic rings. The summed E-state index contributed by atoms with van der Waals surface area (Å²) in [6, 6.07) is 7.77. The fourth-order valence-corrected chi connectivity index (χ4v) is 2.43. The monoisotopic (exact) mass is 262 g/mol. The van der Waals surface area contributed by atoms with Gasteiger partial charge in [-0.15, -0.1) is 0 Å². The van der Waals surface area contributed by atoms with Gasteiger partial charge in [-0.25, -0.2) is 0 Å². The number of rotatable bonds is 4. The van der Waals surface area contributed by atoms with E-state index in [2.05, 4.69) is 10.6 Å². The van der Waals surface area contributed by atoms with Gasteiger partial charge in [0.1, 0.15) is 5.75 Å². The van der Waals surface area contributed by atoms with E-state index in [9.17, 15) is 4.79 Å². The Morgan fingerprint density at radius 2 is 2.37 bits per heavy atom. The highest BCUT2D eigenvalue weighted by atomic mass is 16.5. The number of amides is 1. The van der Waals surface area contributed by atoms with Gasteiger partial charge in [0.15, 0.2) is 0 Å². The molecule has 1 amide bonds. The zero-order valence-corrected chi connectivity index (χ0v) is 11.7. The zero-order valence-electron chi connectivity index (χ0n) is 11.7. The number of carbonyl (C=O) groups excluding carboxylic acids is 1. The van der Waals surface area contributed by atoms with Crippen LogP contribution in [0.1, 0.15) is 25.3 Å². The smallest absolute Gasteiger partial charge is 0.227 e. The summed E-state index contributed by atoms with van der Waals surface area (Å²) in [5, 5.41) is 6.32. The van der Waals surface area contributed by atoms with Gasteiger partial charge in [0.25, 0.3) is 0 Å². The molecule has 1 aliphatic heterocycles. The summed E-state index contributed by atoms with van der Waals surface area (Å²) >= 11 is 0. The fourth-order valence-electron chi connectivity index (χ4n) is 2.43. The molecule has 0 aliphatic carbocycles. The van der Waals surface area contributed by atoms with Crippen molar-refractivity contribution in [2.75, 3.05) is 20.2 Å². The van der Waals surface area contributed by atoms with E-state index in [-0.39, 0.29) is 11.3 Å². The molecule has 19 heavy (non-hydrogen) atoms. The van der Waals surface area contributed by atoms with Crippen molar-refractivity contribution in [3.05, 3.63) is 29.8 Å². The average molecular weight is 262 g/mol. The van der Waals surface area contributed by atoms with Crippen molar-refractivity contribution >= 4 is 5.91 Å². The molecule has 4 nitrogen and oxygen atoms in total. The van der Waals surface area contributed by atoms with Gasteiger partial charge in [-0.2, -0.15) is 0 Å². The fraction of sp³-hybridized carbons (Fsp3) is 0.533. The van der Waals surface area contributed by atoms with Gasteiger partial charge in [-0.05, 0) is 44.0 Å². The molecule has 0 bridgehead atoms. The maximum atomic E-state index is 12.3. The first-order valence-electron chi connectivity index (χ1n) is 6.76. The highest BCUT2D eigenvalue weighted by molar-refractivity contribution is 5.82. The summed E-state index contributed by atoms with van der Waals surface area (Å²) < 4.78 is 5.18. The number of carbonyl (C=O) groups is 1. The molecule has 0 radical (unpaired) electrons. The summed E-state index contributed by atoms with van der Waals surface area (Å²) in [5.41, 5.74) is 0.775. The largest absolute Gasteiger partial charge is 0.497 e. The highest BCUT2D eigenvalue weighted by Gasteiger charge is 2.34. The van der Waals surface area contributed by atoms with Crippen molar-refractivity contribution in [2.24, 2.45) is 5.41 Å². The van der Waals surface area contributed by atoms with Gasteiger partial charge in [0.05, 0.1) is 12.5 Å². The van der Waals surface area contributed by atoms with E-state index in [0.717, 1.165) is 37.2 Å². The van der Waals surface area contributed by atoms with Crippen molar-refractivity contribution in [1.29, 1.82) is 0 Å². The SMILES string of the molecule is COc1cccc(CNC(=O)C2(C)CCCNC2)c1. The molecule has 1 unspecified atom stereocenters. The van der Waals surface area contributed by atoms with E-state index in [1.54, 1.807) is 7.11 Å². The first-order chi connectivity index (χ1) is 9.14. The number of piperidine rings is 1. The van der Waals surface area contributed by atoms with E-state index < -0.39 is 0 Å². The molecule has 0 saturated carbocycles. The Balaban J connectivity index is 1.92. The predicted octanol–water partition coefficient (Wildman–Crippen LogP) is 1.70. The van der Waals surface area contributed by atoms with E-state index in [1.807, 2.05) is 31.2 Å². The van der Waals surface area contributed by atoms with Crippen LogP contribution in [0.4, 0.5) is 0 Å². The molecular formula is C15H22N2O2. The Bertz CT molecular complexity index is 440.